The molecule has 25 heavy (non-hydrogen) atoms. The van der Waals surface area contributed by atoms with E-state index in [1.54, 1.807) is 0 Å². The largest absolute Gasteiger partial charge is 0.394 e. The summed E-state index contributed by atoms with van der Waals surface area (Å²) in [6, 6.07) is 14.7. The lowest BCUT2D eigenvalue weighted by Crippen LogP contribution is -2.33. The minimum absolute atomic E-state index is 0.102. The van der Waals surface area contributed by atoms with Crippen LogP contribution in [0.4, 0.5) is 5.82 Å². The van der Waals surface area contributed by atoms with E-state index in [1.165, 1.54) is 5.56 Å². The van der Waals surface area contributed by atoms with E-state index in [1.807, 2.05) is 0 Å². The second kappa shape index (κ2) is 6.62. The Morgan fingerprint density at radius 2 is 2.00 bits per heavy atom. The summed E-state index contributed by atoms with van der Waals surface area (Å²) < 4.78 is 0. The molecule has 0 aliphatic carbocycles. The lowest BCUT2D eigenvalue weighted by atomic mass is 10.0. The van der Waals surface area contributed by atoms with E-state index in [4.69, 9.17) is 11.6 Å². The molecule has 0 amide bonds. The zero-order valence-electron chi connectivity index (χ0n) is 14.1. The first-order valence-corrected chi connectivity index (χ1v) is 8.95. The minimum atomic E-state index is 0.102. The summed E-state index contributed by atoms with van der Waals surface area (Å²) in [5, 5.41) is 10.9. The first kappa shape index (κ1) is 16.3. The molecule has 0 radical (unpaired) electrons. The fraction of sp³-hybridized carbons (Fsp3) is 0.300. The van der Waals surface area contributed by atoms with Crippen LogP contribution in [0.3, 0.4) is 0 Å². The van der Waals surface area contributed by atoms with Crippen LogP contribution in [0.5, 0.6) is 0 Å². The summed E-state index contributed by atoms with van der Waals surface area (Å²) in [6.07, 6.45) is 2.02. The van der Waals surface area contributed by atoms with Crippen LogP contribution in [-0.2, 0) is 0 Å². The van der Waals surface area contributed by atoms with Crippen LogP contribution < -0.4 is 4.90 Å². The Bertz CT molecular complexity index is 928. The van der Waals surface area contributed by atoms with Gasteiger partial charge in [0.25, 0.3) is 0 Å². The van der Waals surface area contributed by atoms with Gasteiger partial charge in [0.1, 0.15) is 5.82 Å². The number of benzene rings is 2. The summed E-state index contributed by atoms with van der Waals surface area (Å²) >= 11 is 6.21. The van der Waals surface area contributed by atoms with Crippen molar-refractivity contribution in [3.8, 4) is 11.1 Å². The summed E-state index contributed by atoms with van der Waals surface area (Å²) in [4.78, 5) is 11.1. The van der Waals surface area contributed by atoms with Gasteiger partial charge in [-0.1, -0.05) is 35.9 Å². The highest BCUT2D eigenvalue weighted by Crippen LogP contribution is 2.33. The van der Waals surface area contributed by atoms with Crippen molar-refractivity contribution < 1.29 is 5.11 Å². The second-order valence-electron chi connectivity index (χ2n) is 6.59. The molecule has 4 rings (SSSR count). The molecule has 1 saturated heterocycles. The quantitative estimate of drug-likeness (QED) is 0.716. The van der Waals surface area contributed by atoms with Crippen molar-refractivity contribution >= 4 is 28.3 Å². The van der Waals surface area contributed by atoms with Gasteiger partial charge in [0.15, 0.2) is 0 Å². The fourth-order valence-electron chi connectivity index (χ4n) is 3.61. The molecule has 3 aromatic rings. The third kappa shape index (κ3) is 3.08. The van der Waals surface area contributed by atoms with Crippen LogP contribution in [0.1, 0.15) is 18.4 Å². The first-order valence-electron chi connectivity index (χ1n) is 8.57. The molecule has 4 nitrogen and oxygen atoms in total. The Morgan fingerprint density at radius 3 is 2.80 bits per heavy atom. The molecule has 2 aromatic carbocycles. The highest BCUT2D eigenvalue weighted by molar-refractivity contribution is 6.28. The van der Waals surface area contributed by atoms with Crippen molar-refractivity contribution in [3.05, 3.63) is 53.3 Å². The minimum Gasteiger partial charge on any atom is -0.394 e. The zero-order valence-corrected chi connectivity index (χ0v) is 14.9. The zero-order chi connectivity index (χ0) is 17.4. The number of aromatic nitrogens is 2. The SMILES string of the molecule is Cc1cccc(-c2ccc3c(N4CCC[C@H]4CO)nc(Cl)nc3c2)c1. The van der Waals surface area contributed by atoms with Gasteiger partial charge in [-0.05, 0) is 54.6 Å². The van der Waals surface area contributed by atoms with Crippen molar-refractivity contribution in [2.75, 3.05) is 18.1 Å². The van der Waals surface area contributed by atoms with Crippen molar-refractivity contribution in [1.29, 1.82) is 0 Å². The molecule has 1 aliphatic rings. The lowest BCUT2D eigenvalue weighted by Gasteiger charge is -2.25. The number of rotatable bonds is 3. The van der Waals surface area contributed by atoms with Crippen LogP contribution in [0.2, 0.25) is 5.28 Å². The van der Waals surface area contributed by atoms with Gasteiger partial charge in [-0.3, -0.25) is 0 Å². The molecule has 1 aliphatic heterocycles. The van der Waals surface area contributed by atoms with Crippen LogP contribution >= 0.6 is 11.6 Å². The number of hydrogen-bond donors (Lipinski definition) is 1. The number of hydrogen-bond acceptors (Lipinski definition) is 4. The summed E-state index contributed by atoms with van der Waals surface area (Å²) in [5.41, 5.74) is 4.32. The molecule has 0 saturated carbocycles. The lowest BCUT2D eigenvalue weighted by molar-refractivity contribution is 0.266. The maximum absolute atomic E-state index is 9.64. The van der Waals surface area contributed by atoms with Crippen molar-refractivity contribution in [2.24, 2.45) is 0 Å². The van der Waals surface area contributed by atoms with Crippen molar-refractivity contribution in [3.63, 3.8) is 0 Å². The maximum atomic E-state index is 9.64. The molecule has 2 heterocycles. The third-order valence-corrected chi connectivity index (χ3v) is 5.03. The Hall–Kier alpha value is -2.17. The van der Waals surface area contributed by atoms with E-state index in [2.05, 4.69) is 64.3 Å². The van der Waals surface area contributed by atoms with Crippen LogP contribution in [0.25, 0.3) is 22.0 Å². The predicted molar refractivity (Wildman–Crippen MR) is 102 cm³/mol. The highest BCUT2D eigenvalue weighted by Gasteiger charge is 2.27. The van der Waals surface area contributed by atoms with E-state index < -0.39 is 0 Å². The Morgan fingerprint density at radius 1 is 1.16 bits per heavy atom. The van der Waals surface area contributed by atoms with Crippen LogP contribution in [0, 0.1) is 6.92 Å². The Kier molecular flexibility index (Phi) is 4.32. The first-order chi connectivity index (χ1) is 12.2. The van der Waals surface area contributed by atoms with E-state index >= 15 is 0 Å². The number of aliphatic hydroxyl groups is 1. The van der Waals surface area contributed by atoms with E-state index in [0.717, 1.165) is 47.2 Å². The molecule has 1 atom stereocenters. The molecule has 1 aromatic heterocycles. The molecular formula is C20H20ClN3O. The monoisotopic (exact) mass is 353 g/mol. The second-order valence-corrected chi connectivity index (χ2v) is 6.93. The average Bonchev–Trinajstić information content (AvgIpc) is 3.09. The normalized spacial score (nSPS) is 17.4. The topological polar surface area (TPSA) is 49.2 Å². The molecular weight excluding hydrogens is 334 g/mol. The average molecular weight is 354 g/mol. The smallest absolute Gasteiger partial charge is 0.224 e. The van der Waals surface area contributed by atoms with Gasteiger partial charge in [-0.25, -0.2) is 4.98 Å². The molecule has 128 valence electrons. The number of halogens is 1. The Balaban J connectivity index is 1.84. The van der Waals surface area contributed by atoms with Crippen LogP contribution in [-0.4, -0.2) is 34.3 Å². The van der Waals surface area contributed by atoms with Gasteiger partial charge in [0, 0.05) is 11.9 Å². The fourth-order valence-corrected chi connectivity index (χ4v) is 3.78. The molecule has 1 N–H and O–H groups in total. The van der Waals surface area contributed by atoms with Crippen molar-refractivity contribution in [1.82, 2.24) is 9.97 Å². The van der Waals surface area contributed by atoms with Gasteiger partial charge in [-0.2, -0.15) is 4.98 Å². The third-order valence-electron chi connectivity index (χ3n) is 4.86. The number of aryl methyl sites for hydroxylation is 1. The van der Waals surface area contributed by atoms with Gasteiger partial charge in [-0.15, -0.1) is 0 Å². The maximum Gasteiger partial charge on any atom is 0.224 e. The number of aliphatic hydroxyl groups excluding tert-OH is 1. The summed E-state index contributed by atoms with van der Waals surface area (Å²) in [5.74, 6) is 0.822. The molecule has 1 fully saturated rings. The van der Waals surface area contributed by atoms with E-state index in [-0.39, 0.29) is 17.9 Å². The summed E-state index contributed by atoms with van der Waals surface area (Å²) in [6.45, 7) is 3.10. The number of anilines is 1. The van der Waals surface area contributed by atoms with E-state index in [9.17, 15) is 5.11 Å². The van der Waals surface area contributed by atoms with Gasteiger partial charge >= 0.3 is 0 Å². The molecule has 5 heteroatoms. The van der Waals surface area contributed by atoms with E-state index in [0.29, 0.717) is 0 Å². The molecule has 0 spiro atoms. The standard InChI is InChI=1S/C20H20ClN3O/c1-13-4-2-5-14(10-13)15-7-8-17-18(11-15)22-20(21)23-19(17)24-9-3-6-16(24)12-25/h2,4-5,7-8,10-11,16,25H,3,6,9,12H2,1H3/t16-/m0/s1. The van der Waals surface area contributed by atoms with Gasteiger partial charge < -0.3 is 10.0 Å². The number of fused-ring (bicyclic) bond motifs is 1. The van der Waals surface area contributed by atoms with Crippen molar-refractivity contribution in [2.45, 2.75) is 25.8 Å². The molecule has 0 bridgehead atoms. The Labute approximate surface area is 152 Å². The van der Waals surface area contributed by atoms with Gasteiger partial charge in [0.2, 0.25) is 5.28 Å². The molecule has 0 unspecified atom stereocenters. The van der Waals surface area contributed by atoms with Gasteiger partial charge in [0.05, 0.1) is 18.2 Å². The van der Waals surface area contributed by atoms with Crippen LogP contribution in [0.15, 0.2) is 42.5 Å². The number of nitrogens with zero attached hydrogens (tertiary/aromatic N) is 3. The predicted octanol–water partition coefficient (Wildman–Crippen LogP) is 4.22. The highest BCUT2D eigenvalue weighted by atomic mass is 35.5. The summed E-state index contributed by atoms with van der Waals surface area (Å²) in [7, 11) is 0.